The maximum Gasteiger partial charge on any atom is 0.303 e. The number of fused-ring (bicyclic) bond motifs is 1. The third kappa shape index (κ3) is 3.11. The van der Waals surface area contributed by atoms with E-state index >= 15 is 0 Å². The van der Waals surface area contributed by atoms with E-state index < -0.39 is 5.97 Å². The van der Waals surface area contributed by atoms with E-state index in [0.29, 0.717) is 19.4 Å². The summed E-state index contributed by atoms with van der Waals surface area (Å²) in [6.07, 6.45) is 6.61. The number of rotatable bonds is 6. The average molecular weight is 296 g/mol. The quantitative estimate of drug-likeness (QED) is 0.754. The summed E-state index contributed by atoms with van der Waals surface area (Å²) in [7, 11) is 0. The molecule has 0 spiro atoms. The molecular weight excluding hydrogens is 280 g/mol. The summed E-state index contributed by atoms with van der Waals surface area (Å²) in [5.41, 5.74) is 2.71. The van der Waals surface area contributed by atoms with Gasteiger partial charge in [-0.1, -0.05) is 6.07 Å². The zero-order chi connectivity index (χ0) is 15.4. The van der Waals surface area contributed by atoms with Crippen LogP contribution in [-0.2, 0) is 17.8 Å². The molecule has 1 N–H and O–H groups in total. The summed E-state index contributed by atoms with van der Waals surface area (Å²) in [5.74, 6) is 0.0758. The lowest BCUT2D eigenvalue weighted by Gasteiger charge is -2.08. The van der Waals surface area contributed by atoms with Crippen LogP contribution in [0.4, 0.5) is 0 Å². The van der Waals surface area contributed by atoms with Crippen LogP contribution in [-0.4, -0.2) is 30.6 Å². The van der Waals surface area contributed by atoms with Crippen LogP contribution in [0.2, 0.25) is 0 Å². The Hall–Kier alpha value is -2.76. The van der Waals surface area contributed by atoms with Crippen molar-refractivity contribution in [2.24, 2.45) is 0 Å². The molecule has 0 atom stereocenters. The van der Waals surface area contributed by atoms with E-state index in [0.717, 1.165) is 22.6 Å². The van der Waals surface area contributed by atoms with E-state index in [4.69, 9.17) is 5.11 Å². The van der Waals surface area contributed by atoms with Gasteiger partial charge in [-0.15, -0.1) is 0 Å². The highest BCUT2D eigenvalue weighted by atomic mass is 16.4. The van der Waals surface area contributed by atoms with Crippen molar-refractivity contribution in [3.63, 3.8) is 0 Å². The highest BCUT2D eigenvalue weighted by Gasteiger charge is 2.12. The standard InChI is InChI=1S/C16H16N4O2/c21-15(22)7-1-6-14-19-13-5-3-9-18-16(13)20(14)11-12-4-2-8-17-10-12/h2-5,8-10H,1,6-7,11H2,(H,21,22). The fraction of sp³-hybridized carbons (Fsp3) is 0.250. The zero-order valence-corrected chi connectivity index (χ0v) is 12.0. The van der Waals surface area contributed by atoms with Gasteiger partial charge in [0.25, 0.3) is 0 Å². The van der Waals surface area contributed by atoms with Gasteiger partial charge in [-0.2, -0.15) is 0 Å². The minimum Gasteiger partial charge on any atom is -0.481 e. The van der Waals surface area contributed by atoms with Crippen molar-refractivity contribution in [3.8, 4) is 0 Å². The van der Waals surface area contributed by atoms with Crippen LogP contribution in [0.1, 0.15) is 24.2 Å². The van der Waals surface area contributed by atoms with Crippen molar-refractivity contribution in [3.05, 3.63) is 54.2 Å². The normalized spacial score (nSPS) is 10.9. The van der Waals surface area contributed by atoms with Crippen LogP contribution in [0.25, 0.3) is 11.2 Å². The van der Waals surface area contributed by atoms with Gasteiger partial charge in [0.05, 0.1) is 6.54 Å². The van der Waals surface area contributed by atoms with Gasteiger partial charge >= 0.3 is 5.97 Å². The van der Waals surface area contributed by atoms with Gasteiger partial charge in [-0.25, -0.2) is 9.97 Å². The van der Waals surface area contributed by atoms with Crippen LogP contribution in [0.5, 0.6) is 0 Å². The molecule has 0 aliphatic carbocycles. The molecule has 0 aliphatic heterocycles. The molecule has 0 saturated heterocycles. The van der Waals surface area contributed by atoms with Crippen molar-refractivity contribution in [1.29, 1.82) is 0 Å². The number of aliphatic carboxylic acids is 1. The third-order valence-electron chi connectivity index (χ3n) is 3.44. The molecule has 0 fully saturated rings. The summed E-state index contributed by atoms with van der Waals surface area (Å²) in [6, 6.07) is 7.67. The van der Waals surface area contributed by atoms with E-state index in [2.05, 4.69) is 15.0 Å². The number of pyridine rings is 2. The van der Waals surface area contributed by atoms with E-state index in [9.17, 15) is 4.79 Å². The summed E-state index contributed by atoms with van der Waals surface area (Å²) in [6.45, 7) is 0.629. The number of aryl methyl sites for hydroxylation is 1. The van der Waals surface area contributed by atoms with Gasteiger partial charge in [-0.05, 0) is 30.2 Å². The molecule has 0 aliphatic rings. The Labute approximate surface area is 127 Å². The minimum absolute atomic E-state index is 0.142. The Balaban J connectivity index is 1.92. The largest absolute Gasteiger partial charge is 0.481 e. The number of imidazole rings is 1. The summed E-state index contributed by atoms with van der Waals surface area (Å²) in [5, 5.41) is 8.79. The van der Waals surface area contributed by atoms with Crippen molar-refractivity contribution in [2.45, 2.75) is 25.8 Å². The second-order valence-corrected chi connectivity index (χ2v) is 5.07. The molecule has 112 valence electrons. The van der Waals surface area contributed by atoms with Crippen molar-refractivity contribution < 1.29 is 9.90 Å². The Morgan fingerprint density at radius 1 is 1.23 bits per heavy atom. The van der Waals surface area contributed by atoms with E-state index in [1.54, 1.807) is 12.4 Å². The van der Waals surface area contributed by atoms with Gasteiger partial charge in [0, 0.05) is 31.4 Å². The molecule has 22 heavy (non-hydrogen) atoms. The first-order valence-electron chi connectivity index (χ1n) is 7.15. The fourth-order valence-corrected chi connectivity index (χ4v) is 2.43. The van der Waals surface area contributed by atoms with Crippen LogP contribution in [0, 0.1) is 0 Å². The lowest BCUT2D eigenvalue weighted by atomic mass is 10.2. The maximum atomic E-state index is 10.7. The third-order valence-corrected chi connectivity index (χ3v) is 3.44. The average Bonchev–Trinajstić information content (AvgIpc) is 2.86. The van der Waals surface area contributed by atoms with Gasteiger partial charge in [0.2, 0.25) is 0 Å². The van der Waals surface area contributed by atoms with Crippen LogP contribution < -0.4 is 0 Å². The topological polar surface area (TPSA) is 80.9 Å². The minimum atomic E-state index is -0.784. The van der Waals surface area contributed by atoms with Crippen molar-refractivity contribution >= 4 is 17.1 Å². The second kappa shape index (κ2) is 6.34. The van der Waals surface area contributed by atoms with Crippen LogP contribution in [0.3, 0.4) is 0 Å². The molecule has 3 heterocycles. The van der Waals surface area contributed by atoms with E-state index in [1.165, 1.54) is 0 Å². The lowest BCUT2D eigenvalue weighted by Crippen LogP contribution is -2.07. The first-order chi connectivity index (χ1) is 10.7. The number of hydrogen-bond acceptors (Lipinski definition) is 4. The molecule has 3 aromatic heterocycles. The Kier molecular flexibility index (Phi) is 4.09. The van der Waals surface area contributed by atoms with Crippen LogP contribution in [0.15, 0.2) is 42.9 Å². The predicted molar refractivity (Wildman–Crippen MR) is 81.4 cm³/mol. The van der Waals surface area contributed by atoms with Gasteiger partial charge in [0.15, 0.2) is 5.65 Å². The molecular formula is C16H16N4O2. The first-order valence-corrected chi connectivity index (χ1v) is 7.15. The highest BCUT2D eigenvalue weighted by molar-refractivity contribution is 5.71. The van der Waals surface area contributed by atoms with E-state index in [-0.39, 0.29) is 6.42 Å². The Morgan fingerprint density at radius 2 is 2.09 bits per heavy atom. The summed E-state index contributed by atoms with van der Waals surface area (Å²) >= 11 is 0. The number of carboxylic acid groups (broad SMARTS) is 1. The van der Waals surface area contributed by atoms with Gasteiger partial charge in [-0.3, -0.25) is 9.78 Å². The predicted octanol–water partition coefficient (Wildman–Crippen LogP) is 2.28. The maximum absolute atomic E-state index is 10.7. The second-order valence-electron chi connectivity index (χ2n) is 5.07. The smallest absolute Gasteiger partial charge is 0.303 e. The number of hydrogen-bond donors (Lipinski definition) is 1. The van der Waals surface area contributed by atoms with Crippen molar-refractivity contribution in [1.82, 2.24) is 19.5 Å². The molecule has 0 unspecified atom stereocenters. The number of carbonyl (C=O) groups is 1. The molecule has 3 aromatic rings. The molecule has 6 heteroatoms. The summed E-state index contributed by atoms with van der Waals surface area (Å²) in [4.78, 5) is 23.8. The molecule has 0 bridgehead atoms. The molecule has 0 radical (unpaired) electrons. The number of nitrogens with zero attached hydrogens (tertiary/aromatic N) is 4. The molecule has 6 nitrogen and oxygen atoms in total. The van der Waals surface area contributed by atoms with Gasteiger partial charge in [0.1, 0.15) is 11.3 Å². The van der Waals surface area contributed by atoms with Crippen LogP contribution >= 0.6 is 0 Å². The molecule has 0 aromatic carbocycles. The Bertz CT molecular complexity index is 783. The summed E-state index contributed by atoms with van der Waals surface area (Å²) < 4.78 is 2.04. The molecule has 0 amide bonds. The molecule has 3 rings (SSSR count). The van der Waals surface area contributed by atoms with Gasteiger partial charge < -0.3 is 9.67 Å². The monoisotopic (exact) mass is 296 g/mol. The van der Waals surface area contributed by atoms with Crippen molar-refractivity contribution in [2.75, 3.05) is 0 Å². The fourth-order valence-electron chi connectivity index (χ4n) is 2.43. The lowest BCUT2D eigenvalue weighted by molar-refractivity contribution is -0.137. The SMILES string of the molecule is O=C(O)CCCc1nc2cccnc2n1Cc1cccnc1. The molecule has 0 saturated carbocycles. The van der Waals surface area contributed by atoms with E-state index in [1.807, 2.05) is 35.0 Å². The zero-order valence-electron chi connectivity index (χ0n) is 12.0. The first kappa shape index (κ1) is 14.2. The Morgan fingerprint density at radius 3 is 2.86 bits per heavy atom. The highest BCUT2D eigenvalue weighted by Crippen LogP contribution is 2.17. The number of carboxylic acids is 1. The number of aromatic nitrogens is 4.